The van der Waals surface area contributed by atoms with Gasteiger partial charge in [0.2, 0.25) is 0 Å². The van der Waals surface area contributed by atoms with Gasteiger partial charge in [-0.05, 0) is 36.6 Å². The van der Waals surface area contributed by atoms with E-state index in [9.17, 15) is 14.7 Å². The van der Waals surface area contributed by atoms with Gasteiger partial charge in [-0.3, -0.25) is 14.5 Å². The van der Waals surface area contributed by atoms with E-state index >= 15 is 0 Å². The zero-order valence-electron chi connectivity index (χ0n) is 11.6. The Balaban J connectivity index is 1.93. The molecule has 0 saturated carbocycles. The van der Waals surface area contributed by atoms with Crippen LogP contribution in [0.3, 0.4) is 0 Å². The van der Waals surface area contributed by atoms with Gasteiger partial charge >= 0.3 is 0 Å². The largest absolute Gasteiger partial charge is 0.369 e. The molecule has 0 aromatic heterocycles. The number of rotatable bonds is 6. The lowest BCUT2D eigenvalue weighted by atomic mass is 10.1. The van der Waals surface area contributed by atoms with Crippen LogP contribution in [0.1, 0.15) is 31.7 Å². The molecule has 1 heterocycles. The molecule has 2 rings (SSSR count). The van der Waals surface area contributed by atoms with Gasteiger partial charge < -0.3 is 5.11 Å². The summed E-state index contributed by atoms with van der Waals surface area (Å²) in [6.45, 7) is 1.88. The fraction of sp³-hybridized carbons (Fsp3) is 0.375. The van der Waals surface area contributed by atoms with Gasteiger partial charge in [-0.1, -0.05) is 19.1 Å². The molecule has 20 heavy (non-hydrogen) atoms. The molecule has 0 bridgehead atoms. The van der Waals surface area contributed by atoms with Crippen LogP contribution in [0.25, 0.3) is 0 Å². The van der Waals surface area contributed by atoms with Crippen molar-refractivity contribution in [1.29, 1.82) is 0 Å². The molecule has 4 heteroatoms. The number of anilines is 1. The van der Waals surface area contributed by atoms with Crippen molar-refractivity contribution in [3.8, 4) is 0 Å². The molecule has 1 amide bonds. The number of benzene rings is 1. The maximum atomic E-state index is 11.6. The van der Waals surface area contributed by atoms with Crippen molar-refractivity contribution in [2.75, 3.05) is 4.90 Å². The highest BCUT2D eigenvalue weighted by atomic mass is 16.3. The molecule has 4 nitrogen and oxygen atoms in total. The highest BCUT2D eigenvalue weighted by Gasteiger charge is 2.24. The van der Waals surface area contributed by atoms with Gasteiger partial charge in [-0.25, -0.2) is 0 Å². The summed E-state index contributed by atoms with van der Waals surface area (Å²) in [7, 11) is 0. The molecule has 0 radical (unpaired) electrons. The second kappa shape index (κ2) is 6.48. The number of ketones is 1. The number of aryl methyl sites for hydroxylation is 1. The SMILES string of the molecule is CCC(=O)CCCc1ccc(N2C(=O)C=CC2O)cc1. The van der Waals surface area contributed by atoms with E-state index in [4.69, 9.17) is 0 Å². The second-order valence-electron chi connectivity index (χ2n) is 4.89. The van der Waals surface area contributed by atoms with E-state index in [0.29, 0.717) is 24.3 Å². The number of Topliss-reactive ketones (excluding diaryl/α,β-unsaturated/α-hetero) is 1. The zero-order valence-corrected chi connectivity index (χ0v) is 11.6. The predicted molar refractivity (Wildman–Crippen MR) is 77.3 cm³/mol. The van der Waals surface area contributed by atoms with Gasteiger partial charge in [0.05, 0.1) is 0 Å². The zero-order chi connectivity index (χ0) is 14.5. The van der Waals surface area contributed by atoms with Gasteiger partial charge in [0.1, 0.15) is 5.78 Å². The van der Waals surface area contributed by atoms with Crippen molar-refractivity contribution in [1.82, 2.24) is 0 Å². The van der Waals surface area contributed by atoms with Crippen LogP contribution < -0.4 is 4.90 Å². The number of hydrogen-bond donors (Lipinski definition) is 1. The summed E-state index contributed by atoms with van der Waals surface area (Å²) < 4.78 is 0. The Hall–Kier alpha value is -1.94. The quantitative estimate of drug-likeness (QED) is 0.864. The summed E-state index contributed by atoms with van der Waals surface area (Å²) in [5, 5.41) is 9.69. The maximum absolute atomic E-state index is 11.6. The van der Waals surface area contributed by atoms with E-state index in [0.717, 1.165) is 18.4 Å². The lowest BCUT2D eigenvalue weighted by Crippen LogP contribution is -2.33. The molecule has 1 N–H and O–H groups in total. The Morgan fingerprint density at radius 1 is 1.30 bits per heavy atom. The molecule has 1 aliphatic heterocycles. The summed E-state index contributed by atoms with van der Waals surface area (Å²) in [5.74, 6) is 0.0808. The molecule has 0 spiro atoms. The van der Waals surface area contributed by atoms with Crippen molar-refractivity contribution in [2.24, 2.45) is 0 Å². The smallest absolute Gasteiger partial charge is 0.253 e. The third kappa shape index (κ3) is 3.33. The lowest BCUT2D eigenvalue weighted by molar-refractivity contribution is -0.119. The minimum Gasteiger partial charge on any atom is -0.369 e. The minimum absolute atomic E-state index is 0.209. The van der Waals surface area contributed by atoms with Gasteiger partial charge in [-0.15, -0.1) is 0 Å². The molecule has 1 atom stereocenters. The normalized spacial score (nSPS) is 17.8. The first-order chi connectivity index (χ1) is 9.61. The number of carbonyl (C=O) groups is 2. The second-order valence-corrected chi connectivity index (χ2v) is 4.89. The highest BCUT2D eigenvalue weighted by molar-refractivity contribution is 6.04. The van der Waals surface area contributed by atoms with Crippen LogP contribution in [0.4, 0.5) is 5.69 Å². The fourth-order valence-corrected chi connectivity index (χ4v) is 2.23. The van der Waals surface area contributed by atoms with Crippen LogP contribution in [-0.4, -0.2) is 23.0 Å². The topological polar surface area (TPSA) is 57.6 Å². The predicted octanol–water partition coefficient (Wildman–Crippen LogP) is 2.21. The molecular formula is C16H19NO3. The van der Waals surface area contributed by atoms with Gasteiger partial charge in [0, 0.05) is 24.6 Å². The first-order valence-corrected chi connectivity index (χ1v) is 6.92. The monoisotopic (exact) mass is 273 g/mol. The number of amides is 1. The Morgan fingerprint density at radius 3 is 2.55 bits per heavy atom. The molecule has 1 aromatic carbocycles. The average Bonchev–Trinajstić information content (AvgIpc) is 2.79. The first-order valence-electron chi connectivity index (χ1n) is 6.92. The van der Waals surface area contributed by atoms with E-state index in [1.807, 2.05) is 31.2 Å². The molecule has 0 saturated heterocycles. The Labute approximate surface area is 118 Å². The number of nitrogens with zero attached hydrogens (tertiary/aromatic N) is 1. The third-order valence-electron chi connectivity index (χ3n) is 3.44. The molecule has 1 aliphatic rings. The molecule has 106 valence electrons. The number of hydrogen-bond acceptors (Lipinski definition) is 3. The number of aliphatic hydroxyl groups excluding tert-OH is 1. The Bertz CT molecular complexity index is 519. The maximum Gasteiger partial charge on any atom is 0.253 e. The average molecular weight is 273 g/mol. The van der Waals surface area contributed by atoms with E-state index < -0.39 is 6.23 Å². The summed E-state index contributed by atoms with van der Waals surface area (Å²) in [6.07, 6.45) is 4.86. The molecule has 0 fully saturated rings. The minimum atomic E-state index is -0.879. The van der Waals surface area contributed by atoms with Crippen LogP contribution in [0, 0.1) is 0 Å². The molecular weight excluding hydrogens is 254 g/mol. The summed E-state index contributed by atoms with van der Waals surface area (Å²) in [5.41, 5.74) is 1.81. The summed E-state index contributed by atoms with van der Waals surface area (Å²) >= 11 is 0. The van der Waals surface area contributed by atoms with E-state index in [1.54, 1.807) is 0 Å². The molecule has 1 unspecified atom stereocenters. The summed E-state index contributed by atoms with van der Waals surface area (Å²) in [4.78, 5) is 24.2. The number of carbonyl (C=O) groups excluding carboxylic acids is 2. The van der Waals surface area contributed by atoms with Crippen molar-refractivity contribution in [2.45, 2.75) is 38.8 Å². The summed E-state index contributed by atoms with van der Waals surface area (Å²) in [6, 6.07) is 7.52. The first kappa shape index (κ1) is 14.5. The molecule has 0 aliphatic carbocycles. The van der Waals surface area contributed by atoms with Crippen molar-refractivity contribution in [3.63, 3.8) is 0 Å². The van der Waals surface area contributed by atoms with Crippen molar-refractivity contribution >= 4 is 17.4 Å². The van der Waals surface area contributed by atoms with Crippen molar-refractivity contribution < 1.29 is 14.7 Å². The van der Waals surface area contributed by atoms with Crippen LogP contribution in [0.5, 0.6) is 0 Å². The van der Waals surface area contributed by atoms with Crippen LogP contribution >= 0.6 is 0 Å². The standard InChI is InChI=1S/C16H19NO3/c1-2-14(18)5-3-4-12-6-8-13(9-7-12)17-15(19)10-11-16(17)20/h6-11,15,19H,2-5H2,1H3. The highest BCUT2D eigenvalue weighted by Crippen LogP contribution is 2.22. The lowest BCUT2D eigenvalue weighted by Gasteiger charge is -2.20. The molecule has 1 aromatic rings. The van der Waals surface area contributed by atoms with E-state index in [1.165, 1.54) is 17.1 Å². The number of aliphatic hydroxyl groups is 1. The van der Waals surface area contributed by atoms with E-state index in [-0.39, 0.29) is 5.91 Å². The van der Waals surface area contributed by atoms with Gasteiger partial charge in [0.25, 0.3) is 5.91 Å². The van der Waals surface area contributed by atoms with E-state index in [2.05, 4.69) is 0 Å². The van der Waals surface area contributed by atoms with Gasteiger partial charge in [-0.2, -0.15) is 0 Å². The third-order valence-corrected chi connectivity index (χ3v) is 3.44. The van der Waals surface area contributed by atoms with Crippen LogP contribution in [0.2, 0.25) is 0 Å². The van der Waals surface area contributed by atoms with Gasteiger partial charge in [0.15, 0.2) is 6.23 Å². The van der Waals surface area contributed by atoms with Crippen LogP contribution in [0.15, 0.2) is 36.4 Å². The van der Waals surface area contributed by atoms with Crippen LogP contribution in [-0.2, 0) is 16.0 Å². The fourth-order valence-electron chi connectivity index (χ4n) is 2.23. The Morgan fingerprint density at radius 2 is 2.00 bits per heavy atom. The Kier molecular flexibility index (Phi) is 4.69. The van der Waals surface area contributed by atoms with Crippen molar-refractivity contribution in [3.05, 3.63) is 42.0 Å².